The van der Waals surface area contributed by atoms with Crippen molar-refractivity contribution in [3.05, 3.63) is 48.3 Å². The van der Waals surface area contributed by atoms with Crippen molar-refractivity contribution in [2.75, 3.05) is 0 Å². The third kappa shape index (κ3) is 2.10. The van der Waals surface area contributed by atoms with Gasteiger partial charge in [-0.1, -0.05) is 0 Å². The molecule has 6 nitrogen and oxygen atoms in total. The largest absolute Gasteiger partial charge is 0.325 e. The lowest BCUT2D eigenvalue weighted by Crippen LogP contribution is -2.08. The van der Waals surface area contributed by atoms with E-state index in [-0.39, 0.29) is 0 Å². The lowest BCUT2D eigenvalue weighted by Gasteiger charge is -2.08. The average molecular weight is 310 g/mol. The second kappa shape index (κ2) is 5.34. The van der Waals surface area contributed by atoms with E-state index in [0.29, 0.717) is 6.54 Å². The van der Waals surface area contributed by atoms with Gasteiger partial charge in [0.2, 0.25) is 0 Å². The van der Waals surface area contributed by atoms with Gasteiger partial charge in [-0.3, -0.25) is 4.98 Å². The van der Waals surface area contributed by atoms with Gasteiger partial charge in [-0.05, 0) is 13.0 Å². The van der Waals surface area contributed by atoms with Crippen molar-refractivity contribution in [2.45, 2.75) is 20.0 Å². The minimum atomic E-state index is 0.664. The van der Waals surface area contributed by atoms with Gasteiger partial charge in [0.15, 0.2) is 10.8 Å². The lowest BCUT2D eigenvalue weighted by molar-refractivity contribution is 0.667. The standard InChI is InChI=1S/C15H14N6S/c1-2-21-12-9-16-4-3-11(12)19-13(21)10-20-7-5-17-14(20)15-18-6-8-22-15/h3-9H,2,10H2,1H3. The normalized spacial score (nSPS) is 11.3. The number of aromatic nitrogens is 6. The van der Waals surface area contributed by atoms with Gasteiger partial charge in [0.25, 0.3) is 0 Å². The molecule has 4 aromatic rings. The van der Waals surface area contributed by atoms with Crippen LogP contribution in [-0.2, 0) is 13.1 Å². The third-order valence-corrected chi connectivity index (χ3v) is 4.37. The molecule has 0 saturated heterocycles. The van der Waals surface area contributed by atoms with Crippen LogP contribution in [0.2, 0.25) is 0 Å². The molecule has 22 heavy (non-hydrogen) atoms. The number of nitrogens with zero attached hydrogens (tertiary/aromatic N) is 6. The molecule has 4 heterocycles. The van der Waals surface area contributed by atoms with Gasteiger partial charge >= 0.3 is 0 Å². The number of hydrogen-bond donors (Lipinski definition) is 0. The highest BCUT2D eigenvalue weighted by Gasteiger charge is 2.13. The van der Waals surface area contributed by atoms with Crippen LogP contribution in [0, 0.1) is 0 Å². The Bertz CT molecular complexity index is 905. The van der Waals surface area contributed by atoms with E-state index in [1.165, 1.54) is 0 Å². The van der Waals surface area contributed by atoms with Crippen molar-refractivity contribution in [3.8, 4) is 10.8 Å². The molecule has 0 radical (unpaired) electrons. The average Bonchev–Trinajstić information content (AvgIpc) is 3.26. The SMILES string of the molecule is CCn1c(Cn2ccnc2-c2nccs2)nc2ccncc21. The Balaban J connectivity index is 1.77. The van der Waals surface area contributed by atoms with Gasteiger partial charge < -0.3 is 9.13 Å². The maximum absolute atomic E-state index is 4.74. The van der Waals surface area contributed by atoms with Crippen molar-refractivity contribution in [3.63, 3.8) is 0 Å². The molecule has 0 aromatic carbocycles. The van der Waals surface area contributed by atoms with Crippen LogP contribution in [0.5, 0.6) is 0 Å². The fourth-order valence-corrected chi connectivity index (χ4v) is 3.26. The fraction of sp³-hybridized carbons (Fsp3) is 0.200. The summed E-state index contributed by atoms with van der Waals surface area (Å²) in [6, 6.07) is 1.95. The Morgan fingerprint density at radius 3 is 2.95 bits per heavy atom. The Labute approximate surface area is 131 Å². The van der Waals surface area contributed by atoms with Gasteiger partial charge in [0, 0.05) is 36.7 Å². The number of fused-ring (bicyclic) bond motifs is 1. The molecule has 110 valence electrons. The highest BCUT2D eigenvalue weighted by atomic mass is 32.1. The molecule has 0 aliphatic rings. The highest BCUT2D eigenvalue weighted by Crippen LogP contribution is 2.22. The molecule has 7 heteroatoms. The van der Waals surface area contributed by atoms with Gasteiger partial charge in [-0.2, -0.15) is 0 Å². The monoisotopic (exact) mass is 310 g/mol. The predicted octanol–water partition coefficient (Wildman–Crippen LogP) is 2.82. The summed E-state index contributed by atoms with van der Waals surface area (Å²) >= 11 is 1.59. The van der Waals surface area contributed by atoms with Crippen LogP contribution in [0.1, 0.15) is 12.7 Å². The molecule has 0 spiro atoms. The van der Waals surface area contributed by atoms with Crippen molar-refractivity contribution in [1.29, 1.82) is 0 Å². The first-order valence-electron chi connectivity index (χ1n) is 7.07. The maximum atomic E-state index is 4.74. The van der Waals surface area contributed by atoms with E-state index >= 15 is 0 Å². The number of hydrogen-bond acceptors (Lipinski definition) is 5. The summed E-state index contributed by atoms with van der Waals surface area (Å²) in [5.74, 6) is 1.88. The zero-order valence-electron chi connectivity index (χ0n) is 12.0. The van der Waals surface area contributed by atoms with Gasteiger partial charge in [0.1, 0.15) is 5.82 Å². The molecule has 0 saturated carbocycles. The Morgan fingerprint density at radius 1 is 1.18 bits per heavy atom. The molecule has 0 aliphatic carbocycles. The van der Waals surface area contributed by atoms with E-state index in [2.05, 4.69) is 31.0 Å². The second-order valence-corrected chi connectivity index (χ2v) is 5.75. The van der Waals surface area contributed by atoms with Gasteiger partial charge in [0.05, 0.1) is 23.8 Å². The van der Waals surface area contributed by atoms with E-state index in [1.54, 1.807) is 29.9 Å². The van der Waals surface area contributed by atoms with E-state index in [4.69, 9.17) is 4.98 Å². The topological polar surface area (TPSA) is 61.4 Å². The number of pyridine rings is 1. The zero-order chi connectivity index (χ0) is 14.9. The number of rotatable bonds is 4. The molecule has 0 fully saturated rings. The highest BCUT2D eigenvalue weighted by molar-refractivity contribution is 7.13. The number of aryl methyl sites for hydroxylation is 1. The summed E-state index contributed by atoms with van der Waals surface area (Å²) in [6.45, 7) is 3.64. The third-order valence-electron chi connectivity index (χ3n) is 3.60. The smallest absolute Gasteiger partial charge is 0.169 e. The number of imidazole rings is 2. The van der Waals surface area contributed by atoms with E-state index in [9.17, 15) is 0 Å². The summed E-state index contributed by atoms with van der Waals surface area (Å²) in [7, 11) is 0. The van der Waals surface area contributed by atoms with Crippen LogP contribution < -0.4 is 0 Å². The van der Waals surface area contributed by atoms with Crippen LogP contribution in [0.3, 0.4) is 0 Å². The molecule has 4 rings (SSSR count). The summed E-state index contributed by atoms with van der Waals surface area (Å²) in [4.78, 5) is 17.7. The minimum Gasteiger partial charge on any atom is -0.325 e. The number of thiazole rings is 1. The fourth-order valence-electron chi connectivity index (χ4n) is 2.61. The maximum Gasteiger partial charge on any atom is 0.169 e. The van der Waals surface area contributed by atoms with Crippen molar-refractivity contribution in [2.24, 2.45) is 0 Å². The predicted molar refractivity (Wildman–Crippen MR) is 85.6 cm³/mol. The minimum absolute atomic E-state index is 0.664. The van der Waals surface area contributed by atoms with Gasteiger partial charge in [-0.25, -0.2) is 15.0 Å². The second-order valence-electron chi connectivity index (χ2n) is 4.85. The van der Waals surface area contributed by atoms with E-state index < -0.39 is 0 Å². The van der Waals surface area contributed by atoms with Crippen LogP contribution in [0.15, 0.2) is 42.4 Å². The summed E-state index contributed by atoms with van der Waals surface area (Å²) in [5, 5.41) is 2.88. The van der Waals surface area contributed by atoms with Crippen molar-refractivity contribution < 1.29 is 0 Å². The molecular weight excluding hydrogens is 296 g/mol. The van der Waals surface area contributed by atoms with E-state index in [1.807, 2.05) is 23.8 Å². The molecule has 0 bridgehead atoms. The molecule has 0 amide bonds. The summed E-state index contributed by atoms with van der Waals surface area (Å²) in [6.07, 6.45) is 9.21. The van der Waals surface area contributed by atoms with Gasteiger partial charge in [-0.15, -0.1) is 11.3 Å². The molecule has 0 N–H and O–H groups in total. The molecule has 4 aromatic heterocycles. The van der Waals surface area contributed by atoms with Crippen LogP contribution in [0.25, 0.3) is 21.9 Å². The quantitative estimate of drug-likeness (QED) is 0.581. The Morgan fingerprint density at radius 2 is 2.14 bits per heavy atom. The van der Waals surface area contributed by atoms with Crippen LogP contribution >= 0.6 is 11.3 Å². The lowest BCUT2D eigenvalue weighted by atomic mass is 10.4. The first-order chi connectivity index (χ1) is 10.9. The molecule has 0 atom stereocenters. The molecule has 0 aliphatic heterocycles. The first kappa shape index (κ1) is 13.1. The van der Waals surface area contributed by atoms with Crippen LogP contribution in [0.4, 0.5) is 0 Å². The Kier molecular flexibility index (Phi) is 3.19. The Hall–Kier alpha value is -2.54. The van der Waals surface area contributed by atoms with Crippen LogP contribution in [-0.4, -0.2) is 29.1 Å². The van der Waals surface area contributed by atoms with Crippen molar-refractivity contribution in [1.82, 2.24) is 29.1 Å². The summed E-state index contributed by atoms with van der Waals surface area (Å²) in [5.41, 5.74) is 2.04. The van der Waals surface area contributed by atoms with E-state index in [0.717, 1.165) is 34.2 Å². The molecule has 0 unspecified atom stereocenters. The zero-order valence-corrected chi connectivity index (χ0v) is 12.9. The molecular formula is C15H14N6S. The van der Waals surface area contributed by atoms with Crippen molar-refractivity contribution >= 4 is 22.4 Å². The first-order valence-corrected chi connectivity index (χ1v) is 7.95. The summed E-state index contributed by atoms with van der Waals surface area (Å²) < 4.78 is 4.27.